The summed E-state index contributed by atoms with van der Waals surface area (Å²) < 4.78 is 11.3. The van der Waals surface area contributed by atoms with Crippen LogP contribution in [0.2, 0.25) is 0 Å². The van der Waals surface area contributed by atoms with Gasteiger partial charge in [-0.15, -0.1) is 0 Å². The Balaban J connectivity index is 2.06. The number of rotatable bonds is 68. The van der Waals surface area contributed by atoms with Crippen LogP contribution in [0.1, 0.15) is 380 Å². The number of hydrogen-bond acceptors (Lipinski definition) is 8. The second-order valence-corrected chi connectivity index (χ2v) is 26.8. The first kappa shape index (κ1) is 83.9. The summed E-state index contributed by atoms with van der Waals surface area (Å²) in [5.41, 5.74) is 0. The largest absolute Gasteiger partial charge is 0.394 e. The Morgan fingerprint density at radius 1 is 0.398 bits per heavy atom. The van der Waals surface area contributed by atoms with Crippen molar-refractivity contribution in [2.24, 2.45) is 0 Å². The van der Waals surface area contributed by atoms with E-state index in [4.69, 9.17) is 9.47 Å². The number of hydrogen-bond donors (Lipinski definition) is 6. The van der Waals surface area contributed by atoms with Crippen molar-refractivity contribution >= 4 is 5.91 Å². The Bertz CT molecular complexity index is 1580. The lowest BCUT2D eigenvalue weighted by Crippen LogP contribution is -2.60. The van der Waals surface area contributed by atoms with E-state index < -0.39 is 49.5 Å². The van der Waals surface area contributed by atoms with Gasteiger partial charge < -0.3 is 40.3 Å². The Morgan fingerprint density at radius 2 is 0.705 bits per heavy atom. The van der Waals surface area contributed by atoms with Crippen molar-refractivity contribution < 1.29 is 39.8 Å². The van der Waals surface area contributed by atoms with Crippen LogP contribution in [0.15, 0.2) is 60.8 Å². The van der Waals surface area contributed by atoms with Gasteiger partial charge in [-0.3, -0.25) is 4.79 Å². The van der Waals surface area contributed by atoms with Crippen LogP contribution in [0.3, 0.4) is 0 Å². The van der Waals surface area contributed by atoms with Crippen molar-refractivity contribution in [2.45, 2.75) is 423 Å². The highest BCUT2D eigenvalue weighted by Crippen LogP contribution is 2.24. The molecule has 1 heterocycles. The van der Waals surface area contributed by atoms with Crippen molar-refractivity contribution in [3.05, 3.63) is 60.8 Å². The molecule has 0 spiro atoms. The van der Waals surface area contributed by atoms with Crippen LogP contribution in [0.25, 0.3) is 0 Å². The molecule has 88 heavy (non-hydrogen) atoms. The van der Waals surface area contributed by atoms with E-state index in [1.54, 1.807) is 6.08 Å². The molecule has 1 aliphatic heterocycles. The second-order valence-electron chi connectivity index (χ2n) is 26.8. The first-order chi connectivity index (χ1) is 43.3. The summed E-state index contributed by atoms with van der Waals surface area (Å²) in [6, 6.07) is -0.806. The number of amides is 1. The van der Waals surface area contributed by atoms with E-state index in [2.05, 4.69) is 67.8 Å². The van der Waals surface area contributed by atoms with E-state index in [0.29, 0.717) is 6.42 Å². The molecule has 0 radical (unpaired) electrons. The molecule has 1 saturated heterocycles. The molecule has 6 N–H and O–H groups in total. The number of carbonyl (C=O) groups is 1. The summed E-state index contributed by atoms with van der Waals surface area (Å²) in [6.45, 7) is 3.72. The minimum Gasteiger partial charge on any atom is -0.394 e. The first-order valence-corrected chi connectivity index (χ1v) is 38.5. The second kappa shape index (κ2) is 67.8. The molecule has 0 bridgehead atoms. The van der Waals surface area contributed by atoms with Crippen LogP contribution in [0.5, 0.6) is 0 Å². The molecule has 0 aromatic carbocycles. The van der Waals surface area contributed by atoms with Gasteiger partial charge in [0.05, 0.1) is 25.4 Å². The predicted molar refractivity (Wildman–Crippen MR) is 378 cm³/mol. The highest BCUT2D eigenvalue weighted by molar-refractivity contribution is 5.76. The minimum absolute atomic E-state index is 0.169. The van der Waals surface area contributed by atoms with Crippen molar-refractivity contribution in [2.75, 3.05) is 13.2 Å². The zero-order valence-electron chi connectivity index (χ0n) is 58.0. The third-order valence-electron chi connectivity index (χ3n) is 18.3. The zero-order chi connectivity index (χ0) is 63.5. The SMILES string of the molecule is CC/C=C\C/C=C\C/C=C\C/C=C\CCCCCCCCCCCCCCCCCCCCCCCCCCCCC(=O)NC(COC1OC(CO)C(O)C(O)C1O)C(O)/C=C/CCCCCCCCCCCCCCCCCCCCCCCCCC. The highest BCUT2D eigenvalue weighted by Gasteiger charge is 2.44. The molecule has 1 aliphatic rings. The highest BCUT2D eigenvalue weighted by atomic mass is 16.7. The van der Waals surface area contributed by atoms with Crippen LogP contribution in [-0.4, -0.2) is 87.5 Å². The molecular formula is C79H147NO8. The van der Waals surface area contributed by atoms with Gasteiger partial charge >= 0.3 is 0 Å². The molecule has 0 saturated carbocycles. The topological polar surface area (TPSA) is 149 Å². The van der Waals surface area contributed by atoms with E-state index in [-0.39, 0.29) is 12.5 Å². The molecule has 9 nitrogen and oxygen atoms in total. The van der Waals surface area contributed by atoms with E-state index >= 15 is 0 Å². The summed E-state index contributed by atoms with van der Waals surface area (Å²) >= 11 is 0. The molecule has 0 aromatic heterocycles. The predicted octanol–water partition coefficient (Wildman–Crippen LogP) is 21.7. The molecule has 9 heteroatoms. The van der Waals surface area contributed by atoms with Crippen LogP contribution in [0.4, 0.5) is 0 Å². The van der Waals surface area contributed by atoms with Crippen LogP contribution >= 0.6 is 0 Å². The maximum absolute atomic E-state index is 13.2. The number of aliphatic hydroxyl groups is 5. The van der Waals surface area contributed by atoms with Crippen molar-refractivity contribution in [1.82, 2.24) is 5.32 Å². The van der Waals surface area contributed by atoms with Crippen molar-refractivity contribution in [3.8, 4) is 0 Å². The molecule has 7 atom stereocenters. The number of unbranched alkanes of at least 4 members (excludes halogenated alkanes) is 50. The summed E-state index contributed by atoms with van der Waals surface area (Å²) in [7, 11) is 0. The zero-order valence-corrected chi connectivity index (χ0v) is 58.0. The van der Waals surface area contributed by atoms with Crippen LogP contribution in [0, 0.1) is 0 Å². The van der Waals surface area contributed by atoms with Gasteiger partial charge in [-0.05, 0) is 57.8 Å². The molecular weight excluding hydrogens is 1090 g/mol. The fraction of sp³-hybridized carbons (Fsp3) is 0.861. The minimum atomic E-state index is -1.57. The smallest absolute Gasteiger partial charge is 0.220 e. The van der Waals surface area contributed by atoms with Gasteiger partial charge in [0.15, 0.2) is 6.29 Å². The fourth-order valence-electron chi connectivity index (χ4n) is 12.4. The van der Waals surface area contributed by atoms with Crippen molar-refractivity contribution in [1.29, 1.82) is 0 Å². The molecule has 1 amide bonds. The van der Waals surface area contributed by atoms with Gasteiger partial charge in [0.2, 0.25) is 5.91 Å². The van der Waals surface area contributed by atoms with Gasteiger partial charge in [-0.2, -0.15) is 0 Å². The van der Waals surface area contributed by atoms with E-state index in [1.165, 1.54) is 295 Å². The Labute approximate surface area is 545 Å². The normalized spacial score (nSPS) is 18.2. The average Bonchev–Trinajstić information content (AvgIpc) is 3.65. The number of nitrogens with one attached hydrogen (secondary N) is 1. The third kappa shape index (κ3) is 55.5. The van der Waals surface area contributed by atoms with Gasteiger partial charge in [0, 0.05) is 6.42 Å². The molecule has 1 rings (SSSR count). The first-order valence-electron chi connectivity index (χ1n) is 38.5. The molecule has 0 aliphatic carbocycles. The maximum Gasteiger partial charge on any atom is 0.220 e. The molecule has 0 aromatic rings. The average molecular weight is 1240 g/mol. The monoisotopic (exact) mass is 1240 g/mol. The lowest BCUT2D eigenvalue weighted by atomic mass is 9.99. The van der Waals surface area contributed by atoms with Gasteiger partial charge in [0.25, 0.3) is 0 Å². The lowest BCUT2D eigenvalue weighted by Gasteiger charge is -2.40. The summed E-state index contributed by atoms with van der Waals surface area (Å²) in [6.07, 6.45) is 87.9. The Kier molecular flexibility index (Phi) is 64.6. The fourth-order valence-corrected chi connectivity index (χ4v) is 12.4. The molecule has 7 unspecified atom stereocenters. The summed E-state index contributed by atoms with van der Waals surface area (Å²) in [5.74, 6) is -0.169. The maximum atomic E-state index is 13.2. The Morgan fingerprint density at radius 3 is 1.05 bits per heavy atom. The number of allylic oxidation sites excluding steroid dienone is 9. The number of ether oxygens (including phenoxy) is 2. The van der Waals surface area contributed by atoms with Gasteiger partial charge in [-0.25, -0.2) is 0 Å². The van der Waals surface area contributed by atoms with E-state index in [0.717, 1.165) is 64.2 Å². The van der Waals surface area contributed by atoms with Crippen LogP contribution < -0.4 is 5.32 Å². The third-order valence-corrected chi connectivity index (χ3v) is 18.3. The summed E-state index contributed by atoms with van der Waals surface area (Å²) in [4.78, 5) is 13.2. The quantitative estimate of drug-likeness (QED) is 0.0261. The Hall–Kier alpha value is -2.11. The summed E-state index contributed by atoms with van der Waals surface area (Å²) in [5, 5.41) is 54.9. The number of carbonyl (C=O) groups excluding carboxylic acids is 1. The molecule has 1 fully saturated rings. The van der Waals surface area contributed by atoms with E-state index in [9.17, 15) is 30.3 Å². The van der Waals surface area contributed by atoms with Gasteiger partial charge in [0.1, 0.15) is 24.4 Å². The van der Waals surface area contributed by atoms with Gasteiger partial charge in [-0.1, -0.05) is 376 Å². The standard InChI is InChI=1S/C79H147NO8/c1-3-5-7-9-11-13-15-17-19-21-23-25-27-29-31-32-33-34-35-36-37-38-39-40-41-42-43-45-47-49-51-53-55-57-59-61-63-65-67-69-75(83)80-72(71-87-79-78(86)77(85)76(84)74(70-81)88-79)73(82)68-66-64-62-60-58-56-54-52-50-48-46-44-30-28-26-24-22-20-18-16-14-12-10-8-6-4-2/h5,7,11,13,17,19,23,25,66,68,72-74,76-79,81-82,84-86H,3-4,6,8-10,12,14-16,18,20-22,24,26-65,67,69-71H2,1-2H3,(H,80,83)/b7-5-,13-11-,19-17-,25-23-,68-66+. The lowest BCUT2D eigenvalue weighted by molar-refractivity contribution is -0.302. The molecule has 516 valence electrons. The van der Waals surface area contributed by atoms with Crippen molar-refractivity contribution in [3.63, 3.8) is 0 Å². The van der Waals surface area contributed by atoms with Crippen LogP contribution in [-0.2, 0) is 14.3 Å². The number of aliphatic hydroxyl groups excluding tert-OH is 5. The van der Waals surface area contributed by atoms with E-state index in [1.807, 2.05) is 6.08 Å².